The molecule has 0 bridgehead atoms. The molecule has 2 amide bonds. The zero-order valence-corrected chi connectivity index (χ0v) is 9.95. The molecule has 0 aliphatic carbocycles. The van der Waals surface area contributed by atoms with E-state index in [1.54, 1.807) is 0 Å². The second-order valence-corrected chi connectivity index (χ2v) is 4.07. The first-order valence-corrected chi connectivity index (χ1v) is 5.76. The minimum atomic E-state index is -1.15. The number of alkyl carbamates (subject to hydrolysis) is 1. The third-order valence-corrected chi connectivity index (χ3v) is 3.18. The molecule has 1 fully saturated rings. The standard InChI is InChI=1S/C13H15NO3/c1-3-9-5-7-10(8-6-9)13(4-2)11(15)14-12(16)17-13/h5-8H,3-4H2,1-2H3,(H,14,15,16). The van der Waals surface area contributed by atoms with Gasteiger partial charge in [-0.2, -0.15) is 0 Å². The van der Waals surface area contributed by atoms with Crippen molar-refractivity contribution in [3.05, 3.63) is 35.4 Å². The van der Waals surface area contributed by atoms with E-state index in [1.165, 1.54) is 5.56 Å². The number of hydrogen-bond acceptors (Lipinski definition) is 3. The Morgan fingerprint density at radius 1 is 1.18 bits per heavy atom. The second-order valence-electron chi connectivity index (χ2n) is 4.07. The fraction of sp³-hybridized carbons (Fsp3) is 0.385. The van der Waals surface area contributed by atoms with Crippen LogP contribution in [0.4, 0.5) is 4.79 Å². The Morgan fingerprint density at radius 2 is 1.82 bits per heavy atom. The summed E-state index contributed by atoms with van der Waals surface area (Å²) in [5.74, 6) is -0.380. The molecule has 1 atom stereocenters. The van der Waals surface area contributed by atoms with Crippen molar-refractivity contribution in [3.63, 3.8) is 0 Å². The molecule has 1 saturated heterocycles. The molecule has 1 N–H and O–H groups in total. The highest BCUT2D eigenvalue weighted by molar-refractivity contribution is 6.03. The molecule has 0 spiro atoms. The molecule has 1 unspecified atom stereocenters. The van der Waals surface area contributed by atoms with Gasteiger partial charge in [0, 0.05) is 5.56 Å². The number of carbonyl (C=O) groups excluding carboxylic acids is 2. The van der Waals surface area contributed by atoms with E-state index < -0.39 is 11.7 Å². The molecule has 0 aromatic heterocycles. The highest BCUT2D eigenvalue weighted by Crippen LogP contribution is 2.33. The van der Waals surface area contributed by atoms with Gasteiger partial charge < -0.3 is 4.74 Å². The van der Waals surface area contributed by atoms with E-state index in [-0.39, 0.29) is 5.91 Å². The lowest BCUT2D eigenvalue weighted by molar-refractivity contribution is -0.132. The summed E-state index contributed by atoms with van der Waals surface area (Å²) in [5, 5.41) is 2.19. The Bertz CT molecular complexity index is 452. The molecular formula is C13H15NO3. The van der Waals surface area contributed by atoms with Crippen molar-refractivity contribution in [2.24, 2.45) is 0 Å². The van der Waals surface area contributed by atoms with Crippen LogP contribution < -0.4 is 5.32 Å². The van der Waals surface area contributed by atoms with E-state index in [0.717, 1.165) is 12.0 Å². The topological polar surface area (TPSA) is 55.4 Å². The van der Waals surface area contributed by atoms with Crippen LogP contribution >= 0.6 is 0 Å². The van der Waals surface area contributed by atoms with Crippen LogP contribution in [0.5, 0.6) is 0 Å². The third-order valence-electron chi connectivity index (χ3n) is 3.18. The number of ether oxygens (including phenoxy) is 1. The number of imide groups is 1. The van der Waals surface area contributed by atoms with Crippen LogP contribution in [-0.4, -0.2) is 12.0 Å². The van der Waals surface area contributed by atoms with Crippen LogP contribution in [0, 0.1) is 0 Å². The third kappa shape index (κ3) is 1.79. The van der Waals surface area contributed by atoms with E-state index in [0.29, 0.717) is 6.42 Å². The Balaban J connectivity index is 2.41. The SMILES string of the molecule is CCc1ccc(C2(CC)OC(=O)NC2=O)cc1. The molecule has 4 heteroatoms. The fourth-order valence-corrected chi connectivity index (χ4v) is 2.06. The van der Waals surface area contributed by atoms with Gasteiger partial charge in [0.2, 0.25) is 5.60 Å². The van der Waals surface area contributed by atoms with Crippen LogP contribution in [-0.2, 0) is 21.6 Å². The lowest BCUT2D eigenvalue weighted by atomic mass is 9.90. The van der Waals surface area contributed by atoms with Crippen LogP contribution in [0.15, 0.2) is 24.3 Å². The smallest absolute Gasteiger partial charge is 0.415 e. The van der Waals surface area contributed by atoms with E-state index in [9.17, 15) is 9.59 Å². The largest absolute Gasteiger partial charge is 0.428 e. The maximum atomic E-state index is 11.8. The van der Waals surface area contributed by atoms with Gasteiger partial charge in [0.25, 0.3) is 5.91 Å². The average Bonchev–Trinajstić information content (AvgIpc) is 2.65. The van der Waals surface area contributed by atoms with Crippen molar-refractivity contribution in [1.29, 1.82) is 0 Å². The van der Waals surface area contributed by atoms with Gasteiger partial charge in [0.1, 0.15) is 0 Å². The van der Waals surface area contributed by atoms with Crippen molar-refractivity contribution in [3.8, 4) is 0 Å². The van der Waals surface area contributed by atoms with E-state index in [2.05, 4.69) is 12.2 Å². The van der Waals surface area contributed by atoms with Gasteiger partial charge in [0.15, 0.2) is 0 Å². The zero-order chi connectivity index (χ0) is 12.5. The predicted octanol–water partition coefficient (Wildman–Crippen LogP) is 2.12. The maximum Gasteiger partial charge on any atom is 0.415 e. The van der Waals surface area contributed by atoms with Gasteiger partial charge in [-0.25, -0.2) is 4.79 Å². The van der Waals surface area contributed by atoms with E-state index >= 15 is 0 Å². The number of carbonyl (C=O) groups is 2. The van der Waals surface area contributed by atoms with Gasteiger partial charge in [-0.1, -0.05) is 38.1 Å². The quantitative estimate of drug-likeness (QED) is 0.870. The van der Waals surface area contributed by atoms with Crippen molar-refractivity contribution >= 4 is 12.0 Å². The monoisotopic (exact) mass is 233 g/mol. The van der Waals surface area contributed by atoms with Crippen molar-refractivity contribution in [2.75, 3.05) is 0 Å². The number of aryl methyl sites for hydroxylation is 1. The number of hydrogen-bond donors (Lipinski definition) is 1. The van der Waals surface area contributed by atoms with Gasteiger partial charge in [-0.15, -0.1) is 0 Å². The highest BCUT2D eigenvalue weighted by atomic mass is 16.6. The van der Waals surface area contributed by atoms with Gasteiger partial charge in [-0.05, 0) is 18.4 Å². The van der Waals surface area contributed by atoms with Crippen molar-refractivity contribution in [2.45, 2.75) is 32.3 Å². The van der Waals surface area contributed by atoms with Crippen LogP contribution in [0.2, 0.25) is 0 Å². The molecule has 1 aromatic carbocycles. The predicted molar refractivity (Wildman–Crippen MR) is 62.4 cm³/mol. The van der Waals surface area contributed by atoms with Crippen LogP contribution in [0.1, 0.15) is 31.4 Å². The molecule has 17 heavy (non-hydrogen) atoms. The lowest BCUT2D eigenvalue weighted by Crippen LogP contribution is -2.35. The summed E-state index contributed by atoms with van der Waals surface area (Å²) in [6.07, 6.45) is 0.693. The molecule has 1 aliphatic heterocycles. The number of cyclic esters (lactones) is 1. The number of rotatable bonds is 3. The minimum absolute atomic E-state index is 0.380. The average molecular weight is 233 g/mol. The molecular weight excluding hydrogens is 218 g/mol. The summed E-state index contributed by atoms with van der Waals surface area (Å²) >= 11 is 0. The molecule has 0 radical (unpaired) electrons. The Morgan fingerprint density at radius 3 is 2.24 bits per heavy atom. The van der Waals surface area contributed by atoms with Gasteiger partial charge >= 0.3 is 6.09 Å². The summed E-state index contributed by atoms with van der Waals surface area (Å²) in [6.45, 7) is 3.89. The van der Waals surface area contributed by atoms with Gasteiger partial charge in [-0.3, -0.25) is 10.1 Å². The molecule has 4 nitrogen and oxygen atoms in total. The second kappa shape index (κ2) is 4.20. The first kappa shape index (κ1) is 11.6. The first-order chi connectivity index (χ1) is 8.12. The Hall–Kier alpha value is -1.84. The first-order valence-electron chi connectivity index (χ1n) is 5.76. The summed E-state index contributed by atoms with van der Waals surface area (Å²) in [5.41, 5.74) is 0.758. The van der Waals surface area contributed by atoms with E-state index in [4.69, 9.17) is 4.74 Å². The Labute approximate surface area is 100.0 Å². The summed E-state index contributed by atoms with van der Waals surface area (Å²) in [6, 6.07) is 7.60. The molecule has 2 rings (SSSR count). The van der Waals surface area contributed by atoms with Crippen molar-refractivity contribution in [1.82, 2.24) is 5.32 Å². The minimum Gasteiger partial charge on any atom is -0.428 e. The lowest BCUT2D eigenvalue weighted by Gasteiger charge is -2.23. The normalized spacial score (nSPS) is 23.4. The van der Waals surface area contributed by atoms with Gasteiger partial charge in [0.05, 0.1) is 0 Å². The molecule has 1 aliphatic rings. The number of amides is 2. The molecule has 0 saturated carbocycles. The fourth-order valence-electron chi connectivity index (χ4n) is 2.06. The Kier molecular flexibility index (Phi) is 2.88. The molecule has 1 heterocycles. The highest BCUT2D eigenvalue weighted by Gasteiger charge is 2.48. The summed E-state index contributed by atoms with van der Waals surface area (Å²) < 4.78 is 5.17. The molecule has 1 aromatic rings. The van der Waals surface area contributed by atoms with Crippen LogP contribution in [0.3, 0.4) is 0 Å². The zero-order valence-electron chi connectivity index (χ0n) is 9.95. The molecule has 90 valence electrons. The van der Waals surface area contributed by atoms with Crippen LogP contribution in [0.25, 0.3) is 0 Å². The number of nitrogens with one attached hydrogen (secondary N) is 1. The van der Waals surface area contributed by atoms with Crippen molar-refractivity contribution < 1.29 is 14.3 Å². The summed E-state index contributed by atoms with van der Waals surface area (Å²) in [4.78, 5) is 23.0. The van der Waals surface area contributed by atoms with E-state index in [1.807, 2.05) is 31.2 Å². The summed E-state index contributed by atoms with van der Waals surface area (Å²) in [7, 11) is 0. The number of benzene rings is 1. The maximum absolute atomic E-state index is 11.8.